The van der Waals surface area contributed by atoms with E-state index in [1.165, 1.54) is 6.21 Å². The quantitative estimate of drug-likeness (QED) is 0.697. The summed E-state index contributed by atoms with van der Waals surface area (Å²) < 4.78 is 5.82. The minimum Gasteiger partial charge on any atom is -0.448 e. The predicted octanol–water partition coefficient (Wildman–Crippen LogP) is 2.73. The summed E-state index contributed by atoms with van der Waals surface area (Å²) >= 11 is 3.18. The lowest BCUT2D eigenvalue weighted by Crippen LogP contribution is -2.19. The number of nitrogens with zero attached hydrogens (tertiary/aromatic N) is 1. The molecule has 0 spiro atoms. The molecule has 0 saturated carbocycles. The van der Waals surface area contributed by atoms with Crippen molar-refractivity contribution in [1.29, 1.82) is 0 Å². The molecule has 0 bridgehead atoms. The average molecular weight is 307 g/mol. The summed E-state index contributed by atoms with van der Waals surface area (Å²) in [5.74, 6) is 0.407. The number of benzene rings is 1. The molecule has 1 aromatic heterocycles. The summed E-state index contributed by atoms with van der Waals surface area (Å²) in [6.07, 6.45) is 1.76. The van der Waals surface area contributed by atoms with Gasteiger partial charge in [-0.15, -0.1) is 0 Å². The fourth-order valence-electron chi connectivity index (χ4n) is 1.39. The lowest BCUT2D eigenvalue weighted by molar-refractivity contribution is -0.120. The second-order valence-corrected chi connectivity index (χ2v) is 4.38. The molecule has 0 aliphatic rings. The third-order valence-electron chi connectivity index (χ3n) is 2.18. The highest BCUT2D eigenvalue weighted by Crippen LogP contribution is 2.11. The van der Waals surface area contributed by atoms with Gasteiger partial charge in [-0.3, -0.25) is 4.79 Å². The van der Waals surface area contributed by atoms with Crippen LogP contribution >= 0.6 is 15.9 Å². The van der Waals surface area contributed by atoms with Crippen LogP contribution in [0.3, 0.4) is 0 Å². The summed E-state index contributed by atoms with van der Waals surface area (Å²) in [7, 11) is 0. The summed E-state index contributed by atoms with van der Waals surface area (Å²) in [4.78, 5) is 11.5. The fraction of sp³-hybridized carbons (Fsp3) is 0.0769. The van der Waals surface area contributed by atoms with Crippen LogP contribution in [-0.4, -0.2) is 12.1 Å². The summed E-state index contributed by atoms with van der Waals surface area (Å²) in [5, 5.41) is 3.81. The number of hydrogen-bond acceptors (Lipinski definition) is 3. The summed E-state index contributed by atoms with van der Waals surface area (Å²) in [6, 6.07) is 13.0. The SMILES string of the molecule is O=C(Cc1ccccc1)NN=Cc1ccc(Br)o1. The fourth-order valence-corrected chi connectivity index (χ4v) is 1.71. The number of hydrazone groups is 1. The number of furan rings is 1. The molecule has 0 radical (unpaired) electrons. The lowest BCUT2D eigenvalue weighted by atomic mass is 10.1. The van der Waals surface area contributed by atoms with Crippen LogP contribution in [0.2, 0.25) is 0 Å². The third kappa shape index (κ3) is 3.85. The number of rotatable bonds is 4. The van der Waals surface area contributed by atoms with E-state index in [0.29, 0.717) is 16.9 Å². The first-order valence-electron chi connectivity index (χ1n) is 5.35. The summed E-state index contributed by atoms with van der Waals surface area (Å²) in [6.45, 7) is 0. The Bertz CT molecular complexity index is 549. The van der Waals surface area contributed by atoms with Gasteiger partial charge >= 0.3 is 0 Å². The molecule has 0 saturated heterocycles. The molecule has 18 heavy (non-hydrogen) atoms. The Morgan fingerprint density at radius 1 is 1.28 bits per heavy atom. The van der Waals surface area contributed by atoms with Crippen molar-refractivity contribution in [3.8, 4) is 0 Å². The Balaban J connectivity index is 1.83. The first kappa shape index (κ1) is 12.6. The number of carbonyl (C=O) groups is 1. The van der Waals surface area contributed by atoms with Crippen LogP contribution in [-0.2, 0) is 11.2 Å². The van der Waals surface area contributed by atoms with Gasteiger partial charge in [0.1, 0.15) is 5.76 Å². The summed E-state index contributed by atoms with van der Waals surface area (Å²) in [5.41, 5.74) is 3.39. The van der Waals surface area contributed by atoms with Gasteiger partial charge < -0.3 is 4.42 Å². The van der Waals surface area contributed by atoms with Gasteiger partial charge in [0.15, 0.2) is 4.67 Å². The van der Waals surface area contributed by atoms with E-state index in [0.717, 1.165) is 5.56 Å². The molecule has 0 unspecified atom stereocenters. The minimum atomic E-state index is -0.164. The highest BCUT2D eigenvalue weighted by atomic mass is 79.9. The number of carbonyl (C=O) groups excluding carboxylic acids is 1. The van der Waals surface area contributed by atoms with Crippen molar-refractivity contribution in [3.63, 3.8) is 0 Å². The third-order valence-corrected chi connectivity index (χ3v) is 2.61. The van der Waals surface area contributed by atoms with Crippen molar-refractivity contribution < 1.29 is 9.21 Å². The standard InChI is InChI=1S/C13H11BrN2O2/c14-12-7-6-11(18-12)9-15-16-13(17)8-10-4-2-1-3-5-10/h1-7,9H,8H2,(H,16,17). The zero-order valence-electron chi connectivity index (χ0n) is 9.47. The van der Waals surface area contributed by atoms with Crippen molar-refractivity contribution in [1.82, 2.24) is 5.43 Å². The molecular formula is C13H11BrN2O2. The van der Waals surface area contributed by atoms with Crippen LogP contribution in [0.25, 0.3) is 0 Å². The van der Waals surface area contributed by atoms with Gasteiger partial charge in [0.25, 0.3) is 0 Å². The Labute approximate surface area is 113 Å². The largest absolute Gasteiger partial charge is 0.448 e. The van der Waals surface area contributed by atoms with E-state index in [4.69, 9.17) is 4.42 Å². The second kappa shape index (κ2) is 6.16. The molecule has 1 aromatic carbocycles. The Morgan fingerprint density at radius 2 is 2.06 bits per heavy atom. The zero-order valence-corrected chi connectivity index (χ0v) is 11.1. The molecule has 5 heteroatoms. The van der Waals surface area contributed by atoms with Crippen LogP contribution in [0.5, 0.6) is 0 Å². The van der Waals surface area contributed by atoms with Crippen LogP contribution < -0.4 is 5.43 Å². The molecule has 1 heterocycles. The number of amides is 1. The normalized spacial score (nSPS) is 10.7. The molecule has 2 aromatic rings. The van der Waals surface area contributed by atoms with Crippen molar-refractivity contribution in [2.45, 2.75) is 6.42 Å². The first-order chi connectivity index (χ1) is 8.74. The van der Waals surface area contributed by atoms with Crippen molar-refractivity contribution in [2.75, 3.05) is 0 Å². The van der Waals surface area contributed by atoms with Crippen LogP contribution in [0.1, 0.15) is 11.3 Å². The van der Waals surface area contributed by atoms with Crippen molar-refractivity contribution in [3.05, 3.63) is 58.5 Å². The maximum atomic E-state index is 11.5. The Kier molecular flexibility index (Phi) is 4.30. The monoisotopic (exact) mass is 306 g/mol. The molecule has 2 rings (SSSR count). The lowest BCUT2D eigenvalue weighted by Gasteiger charge is -1.99. The highest BCUT2D eigenvalue weighted by Gasteiger charge is 2.01. The van der Waals surface area contributed by atoms with Gasteiger partial charge in [0, 0.05) is 0 Å². The van der Waals surface area contributed by atoms with Gasteiger partial charge in [0.2, 0.25) is 5.91 Å². The molecule has 92 valence electrons. The van der Waals surface area contributed by atoms with Crippen molar-refractivity contribution in [2.24, 2.45) is 5.10 Å². The molecule has 0 atom stereocenters. The highest BCUT2D eigenvalue weighted by molar-refractivity contribution is 9.10. The van der Waals surface area contributed by atoms with E-state index in [2.05, 4.69) is 26.5 Å². The van der Waals surface area contributed by atoms with Crippen LogP contribution in [0, 0.1) is 0 Å². The average Bonchev–Trinajstić information content (AvgIpc) is 2.76. The van der Waals surface area contributed by atoms with Gasteiger partial charge in [0.05, 0.1) is 12.6 Å². The molecule has 1 N–H and O–H groups in total. The number of halogens is 1. The zero-order chi connectivity index (χ0) is 12.8. The minimum absolute atomic E-state index is 0.164. The maximum Gasteiger partial charge on any atom is 0.244 e. The van der Waals surface area contributed by atoms with E-state index in [1.807, 2.05) is 30.3 Å². The molecule has 0 aliphatic heterocycles. The Morgan fingerprint density at radius 3 is 2.72 bits per heavy atom. The van der Waals surface area contributed by atoms with E-state index in [9.17, 15) is 4.79 Å². The molecular weight excluding hydrogens is 296 g/mol. The molecule has 1 amide bonds. The maximum absolute atomic E-state index is 11.5. The van der Waals surface area contributed by atoms with Gasteiger partial charge in [-0.2, -0.15) is 5.10 Å². The Hall–Kier alpha value is -1.88. The van der Waals surface area contributed by atoms with E-state index in [-0.39, 0.29) is 5.91 Å². The van der Waals surface area contributed by atoms with Gasteiger partial charge in [-0.1, -0.05) is 30.3 Å². The van der Waals surface area contributed by atoms with Crippen molar-refractivity contribution >= 4 is 28.1 Å². The van der Waals surface area contributed by atoms with Crippen LogP contribution in [0.15, 0.2) is 56.7 Å². The molecule has 4 nitrogen and oxygen atoms in total. The smallest absolute Gasteiger partial charge is 0.244 e. The molecule has 0 aliphatic carbocycles. The van der Waals surface area contributed by atoms with E-state index >= 15 is 0 Å². The van der Waals surface area contributed by atoms with Gasteiger partial charge in [-0.25, -0.2) is 5.43 Å². The van der Waals surface area contributed by atoms with E-state index in [1.54, 1.807) is 12.1 Å². The van der Waals surface area contributed by atoms with Crippen LogP contribution in [0.4, 0.5) is 0 Å². The molecule has 0 fully saturated rings. The van der Waals surface area contributed by atoms with E-state index < -0.39 is 0 Å². The number of hydrogen-bond donors (Lipinski definition) is 1. The first-order valence-corrected chi connectivity index (χ1v) is 6.14. The van der Waals surface area contributed by atoms with Gasteiger partial charge in [-0.05, 0) is 33.6 Å². The number of nitrogens with one attached hydrogen (secondary N) is 1. The topological polar surface area (TPSA) is 54.6 Å². The predicted molar refractivity (Wildman–Crippen MR) is 72.3 cm³/mol. The second-order valence-electron chi connectivity index (χ2n) is 3.60.